The van der Waals surface area contributed by atoms with Gasteiger partial charge in [-0.1, -0.05) is 11.6 Å². The van der Waals surface area contributed by atoms with Crippen molar-refractivity contribution in [3.8, 4) is 0 Å². The molecule has 0 aliphatic heterocycles. The van der Waals surface area contributed by atoms with Crippen molar-refractivity contribution < 1.29 is 4.79 Å². The van der Waals surface area contributed by atoms with Crippen molar-refractivity contribution in [1.82, 2.24) is 9.97 Å². The number of aromatic amines is 1. The van der Waals surface area contributed by atoms with Gasteiger partial charge >= 0.3 is 0 Å². The summed E-state index contributed by atoms with van der Waals surface area (Å²) in [5.74, 6) is 0.371. The number of imidazole rings is 1. The molecule has 0 radical (unpaired) electrons. The number of carbonyl (C=O) groups excluding carboxylic acids is 1. The number of carbonyl (C=O) groups is 1. The summed E-state index contributed by atoms with van der Waals surface area (Å²) < 4.78 is 0. The Labute approximate surface area is 109 Å². The van der Waals surface area contributed by atoms with Crippen LogP contribution in [0.3, 0.4) is 0 Å². The predicted molar refractivity (Wildman–Crippen MR) is 70.6 cm³/mol. The topological polar surface area (TPSA) is 83.8 Å². The van der Waals surface area contributed by atoms with Gasteiger partial charge in [0.25, 0.3) is 0 Å². The molecule has 1 aromatic heterocycles. The second-order valence-electron chi connectivity index (χ2n) is 3.91. The molecule has 0 saturated carbocycles. The Hall–Kier alpha value is -2.01. The molecule has 0 aliphatic rings. The maximum Gasteiger partial charge on any atom is 0.248 e. The van der Waals surface area contributed by atoms with Crippen molar-refractivity contribution in [2.45, 2.75) is 13.5 Å². The van der Waals surface area contributed by atoms with Crippen LogP contribution in [0.5, 0.6) is 0 Å². The summed E-state index contributed by atoms with van der Waals surface area (Å²) in [5.41, 5.74) is 7.24. The molecule has 5 nitrogen and oxygen atoms in total. The van der Waals surface area contributed by atoms with Gasteiger partial charge in [-0.05, 0) is 25.1 Å². The van der Waals surface area contributed by atoms with Gasteiger partial charge in [-0.2, -0.15) is 0 Å². The van der Waals surface area contributed by atoms with E-state index in [2.05, 4.69) is 15.3 Å². The summed E-state index contributed by atoms with van der Waals surface area (Å²) >= 11 is 6.03. The van der Waals surface area contributed by atoms with E-state index in [9.17, 15) is 4.79 Å². The minimum absolute atomic E-state index is 0.419. The van der Waals surface area contributed by atoms with Gasteiger partial charge in [0.15, 0.2) is 0 Å². The molecule has 0 unspecified atom stereocenters. The second kappa shape index (κ2) is 5.10. The van der Waals surface area contributed by atoms with E-state index in [-0.39, 0.29) is 0 Å². The van der Waals surface area contributed by atoms with E-state index in [1.807, 2.05) is 6.92 Å². The number of halogens is 1. The van der Waals surface area contributed by atoms with E-state index in [1.54, 1.807) is 24.4 Å². The molecule has 18 heavy (non-hydrogen) atoms. The molecular weight excluding hydrogens is 252 g/mol. The first-order valence-electron chi connectivity index (χ1n) is 5.40. The first-order chi connectivity index (χ1) is 8.56. The third-order valence-electron chi connectivity index (χ3n) is 2.48. The third-order valence-corrected chi connectivity index (χ3v) is 2.81. The maximum absolute atomic E-state index is 11.1. The van der Waals surface area contributed by atoms with E-state index in [0.29, 0.717) is 22.8 Å². The molecule has 2 rings (SSSR count). The van der Waals surface area contributed by atoms with Gasteiger partial charge in [-0.15, -0.1) is 0 Å². The van der Waals surface area contributed by atoms with Crippen LogP contribution >= 0.6 is 11.6 Å². The first kappa shape index (κ1) is 12.4. The maximum atomic E-state index is 11.1. The van der Waals surface area contributed by atoms with Crippen molar-refractivity contribution >= 4 is 23.2 Å². The van der Waals surface area contributed by atoms with Crippen molar-refractivity contribution in [3.63, 3.8) is 0 Å². The van der Waals surface area contributed by atoms with Crippen LogP contribution in [0.25, 0.3) is 0 Å². The lowest BCUT2D eigenvalue weighted by atomic mass is 10.2. The molecule has 0 saturated heterocycles. The average molecular weight is 265 g/mol. The Balaban J connectivity index is 2.13. The normalized spacial score (nSPS) is 10.3. The van der Waals surface area contributed by atoms with Crippen LogP contribution in [0.4, 0.5) is 5.69 Å². The standard InChI is InChI=1S/C12H13ClN4O/c1-7-15-5-9(17-7)6-16-11-4-8(12(14)18)2-3-10(11)13/h2-5,16H,6H2,1H3,(H2,14,18)(H,15,17). The fourth-order valence-electron chi connectivity index (χ4n) is 1.57. The van der Waals surface area contributed by atoms with Gasteiger partial charge in [0.2, 0.25) is 5.91 Å². The number of benzene rings is 1. The Morgan fingerprint density at radius 1 is 1.56 bits per heavy atom. The molecule has 0 atom stereocenters. The molecular formula is C12H13ClN4O. The number of hydrogen-bond donors (Lipinski definition) is 3. The molecule has 2 aromatic rings. The van der Waals surface area contributed by atoms with Gasteiger partial charge in [0.05, 0.1) is 29.1 Å². The monoisotopic (exact) mass is 264 g/mol. The van der Waals surface area contributed by atoms with Crippen LogP contribution in [0.2, 0.25) is 5.02 Å². The van der Waals surface area contributed by atoms with Crippen LogP contribution in [-0.4, -0.2) is 15.9 Å². The zero-order valence-corrected chi connectivity index (χ0v) is 10.6. The zero-order chi connectivity index (χ0) is 13.1. The van der Waals surface area contributed by atoms with Crippen LogP contribution in [-0.2, 0) is 6.54 Å². The Morgan fingerprint density at radius 2 is 2.33 bits per heavy atom. The fraction of sp³-hybridized carbons (Fsp3) is 0.167. The Morgan fingerprint density at radius 3 is 2.94 bits per heavy atom. The lowest BCUT2D eigenvalue weighted by Crippen LogP contribution is -2.11. The largest absolute Gasteiger partial charge is 0.378 e. The Bertz CT molecular complexity index is 579. The van der Waals surface area contributed by atoms with Gasteiger partial charge in [0.1, 0.15) is 5.82 Å². The lowest BCUT2D eigenvalue weighted by molar-refractivity contribution is 0.100. The van der Waals surface area contributed by atoms with Gasteiger partial charge < -0.3 is 16.0 Å². The highest BCUT2D eigenvalue weighted by molar-refractivity contribution is 6.33. The summed E-state index contributed by atoms with van der Waals surface area (Å²) in [6.45, 7) is 2.42. The highest BCUT2D eigenvalue weighted by atomic mass is 35.5. The fourth-order valence-corrected chi connectivity index (χ4v) is 1.75. The number of nitrogens with one attached hydrogen (secondary N) is 2. The van der Waals surface area contributed by atoms with Crippen LogP contribution in [0, 0.1) is 6.92 Å². The summed E-state index contributed by atoms with van der Waals surface area (Å²) in [6.07, 6.45) is 1.74. The molecule has 4 N–H and O–H groups in total. The number of H-pyrrole nitrogens is 1. The minimum Gasteiger partial charge on any atom is -0.378 e. The van der Waals surface area contributed by atoms with E-state index in [1.165, 1.54) is 0 Å². The lowest BCUT2D eigenvalue weighted by Gasteiger charge is -2.08. The summed E-state index contributed by atoms with van der Waals surface area (Å²) in [7, 11) is 0. The summed E-state index contributed by atoms with van der Waals surface area (Å²) in [6, 6.07) is 4.87. The van der Waals surface area contributed by atoms with Crippen molar-refractivity contribution in [1.29, 1.82) is 0 Å². The number of nitrogens with two attached hydrogens (primary N) is 1. The Kier molecular flexibility index (Phi) is 3.53. The van der Waals surface area contributed by atoms with Crippen LogP contribution in [0.15, 0.2) is 24.4 Å². The number of rotatable bonds is 4. The zero-order valence-electron chi connectivity index (χ0n) is 9.83. The average Bonchev–Trinajstić information content (AvgIpc) is 2.74. The number of hydrogen-bond acceptors (Lipinski definition) is 3. The van der Waals surface area contributed by atoms with E-state index in [4.69, 9.17) is 17.3 Å². The highest BCUT2D eigenvalue weighted by Gasteiger charge is 2.06. The van der Waals surface area contributed by atoms with Crippen molar-refractivity contribution in [2.75, 3.05) is 5.32 Å². The smallest absolute Gasteiger partial charge is 0.248 e. The van der Waals surface area contributed by atoms with Gasteiger partial charge in [0, 0.05) is 5.56 Å². The molecule has 1 aromatic carbocycles. The van der Waals surface area contributed by atoms with Crippen LogP contribution in [0.1, 0.15) is 21.9 Å². The molecule has 94 valence electrons. The van der Waals surface area contributed by atoms with Crippen LogP contribution < -0.4 is 11.1 Å². The number of aryl methyl sites for hydroxylation is 1. The molecule has 1 amide bonds. The molecule has 0 bridgehead atoms. The van der Waals surface area contributed by atoms with Gasteiger partial charge in [-0.25, -0.2) is 4.98 Å². The minimum atomic E-state index is -0.480. The summed E-state index contributed by atoms with van der Waals surface area (Å²) in [5, 5.41) is 3.67. The number of aromatic nitrogens is 2. The van der Waals surface area contributed by atoms with E-state index in [0.717, 1.165) is 11.5 Å². The molecule has 0 aliphatic carbocycles. The molecule has 0 spiro atoms. The SMILES string of the molecule is Cc1ncc(CNc2cc(C(N)=O)ccc2Cl)[nH]1. The molecule has 1 heterocycles. The first-order valence-corrected chi connectivity index (χ1v) is 5.78. The number of anilines is 1. The van der Waals surface area contributed by atoms with E-state index >= 15 is 0 Å². The molecule has 6 heteroatoms. The second-order valence-corrected chi connectivity index (χ2v) is 4.31. The summed E-state index contributed by atoms with van der Waals surface area (Å²) in [4.78, 5) is 18.3. The van der Waals surface area contributed by atoms with E-state index < -0.39 is 5.91 Å². The molecule has 0 fully saturated rings. The number of nitrogens with zero attached hydrogens (tertiary/aromatic N) is 1. The van der Waals surface area contributed by atoms with Crippen molar-refractivity contribution in [3.05, 3.63) is 46.5 Å². The quantitative estimate of drug-likeness (QED) is 0.790. The van der Waals surface area contributed by atoms with Crippen molar-refractivity contribution in [2.24, 2.45) is 5.73 Å². The predicted octanol–water partition coefficient (Wildman–Crippen LogP) is 2.08. The van der Waals surface area contributed by atoms with Gasteiger partial charge in [-0.3, -0.25) is 4.79 Å². The highest BCUT2D eigenvalue weighted by Crippen LogP contribution is 2.23. The number of amides is 1. The number of primary amides is 1. The third kappa shape index (κ3) is 2.81.